The summed E-state index contributed by atoms with van der Waals surface area (Å²) >= 11 is 0. The molecule has 0 radical (unpaired) electrons. The number of piperidine rings is 1. The minimum atomic E-state index is -3.87. The lowest BCUT2D eigenvalue weighted by atomic mass is 9.88. The molecule has 6 nitrogen and oxygen atoms in total. The number of nitrogens with one attached hydrogen (secondary N) is 1. The number of hydrogen-bond acceptors (Lipinski definition) is 3. The van der Waals surface area contributed by atoms with Crippen molar-refractivity contribution in [2.45, 2.75) is 63.3 Å². The van der Waals surface area contributed by atoms with Gasteiger partial charge in [0.05, 0.1) is 5.56 Å². The van der Waals surface area contributed by atoms with E-state index in [4.69, 9.17) is 0 Å². The molecule has 30 heavy (non-hydrogen) atoms. The molecular weight excluding hydrogens is 398 g/mol. The van der Waals surface area contributed by atoms with Crippen LogP contribution in [0.4, 0.5) is 0 Å². The average Bonchev–Trinajstić information content (AvgIpc) is 2.98. The van der Waals surface area contributed by atoms with Crippen molar-refractivity contribution < 1.29 is 13.2 Å². The van der Waals surface area contributed by atoms with Crippen molar-refractivity contribution in [3.63, 3.8) is 0 Å². The Morgan fingerprint density at radius 2 is 1.73 bits per heavy atom. The summed E-state index contributed by atoms with van der Waals surface area (Å²) in [4.78, 5) is 15.3. The maximum absolute atomic E-state index is 13.6. The first-order chi connectivity index (χ1) is 14.3. The van der Waals surface area contributed by atoms with Crippen LogP contribution in [0.15, 0.2) is 29.2 Å². The van der Waals surface area contributed by atoms with Crippen molar-refractivity contribution in [2.75, 3.05) is 13.1 Å². The molecule has 0 spiro atoms. The predicted molar refractivity (Wildman–Crippen MR) is 117 cm³/mol. The number of likely N-dealkylation sites (tertiary alicyclic amines) is 1. The minimum Gasteiger partial charge on any atom is -0.350 e. The van der Waals surface area contributed by atoms with Gasteiger partial charge in [-0.1, -0.05) is 24.3 Å². The third kappa shape index (κ3) is 3.69. The van der Waals surface area contributed by atoms with Crippen molar-refractivity contribution in [3.8, 4) is 0 Å². The van der Waals surface area contributed by atoms with Gasteiger partial charge in [0.15, 0.2) is 0 Å². The summed E-state index contributed by atoms with van der Waals surface area (Å²) < 4.78 is 32.0. The molecule has 0 bridgehead atoms. The molecule has 1 aromatic heterocycles. The van der Waals surface area contributed by atoms with Gasteiger partial charge in [0.2, 0.25) is 10.0 Å². The number of carbonyl (C=O) groups is 1. The van der Waals surface area contributed by atoms with E-state index in [0.29, 0.717) is 30.0 Å². The van der Waals surface area contributed by atoms with Crippen LogP contribution >= 0.6 is 0 Å². The van der Waals surface area contributed by atoms with Crippen LogP contribution in [0.1, 0.15) is 71.0 Å². The second-order valence-corrected chi connectivity index (χ2v) is 10.2. The molecule has 0 unspecified atom stereocenters. The average molecular weight is 430 g/mol. The van der Waals surface area contributed by atoms with Gasteiger partial charge in [0.1, 0.15) is 4.90 Å². The number of rotatable bonds is 4. The van der Waals surface area contributed by atoms with Crippen LogP contribution in [0.5, 0.6) is 0 Å². The second kappa shape index (κ2) is 8.19. The SMILES string of the molecule is Cc1c(C(=O)N2CCCCC2)c(S(=O)(=O)N[C@@H]2CCCc3ccccc32)c(C)n1C. The first-order valence-corrected chi connectivity index (χ1v) is 12.3. The second-order valence-electron chi connectivity index (χ2n) is 8.55. The molecule has 1 aliphatic heterocycles. The number of aryl methyl sites for hydroxylation is 1. The third-order valence-electron chi connectivity index (χ3n) is 6.72. The number of amides is 1. The van der Waals surface area contributed by atoms with Gasteiger partial charge in [-0.15, -0.1) is 0 Å². The minimum absolute atomic E-state index is 0.140. The number of hydrogen-bond donors (Lipinski definition) is 1. The summed E-state index contributed by atoms with van der Waals surface area (Å²) in [6.45, 7) is 4.99. The van der Waals surface area contributed by atoms with Crippen molar-refractivity contribution in [2.24, 2.45) is 7.05 Å². The molecule has 0 saturated carbocycles. The first kappa shape index (κ1) is 21.1. The highest BCUT2D eigenvalue weighted by molar-refractivity contribution is 7.89. The molecule has 4 rings (SSSR count). The standard InChI is InChI=1S/C23H31N3O3S/c1-16-21(23(27)26-14-7-4-8-15-26)22(17(2)25(16)3)30(28,29)24-20-13-9-11-18-10-5-6-12-19(18)20/h5-6,10,12,20,24H,4,7-9,11,13-15H2,1-3H3/t20-/m1/s1. The van der Waals surface area contributed by atoms with Crippen LogP contribution in [0, 0.1) is 13.8 Å². The van der Waals surface area contributed by atoms with Gasteiger partial charge in [-0.3, -0.25) is 4.79 Å². The van der Waals surface area contributed by atoms with E-state index < -0.39 is 10.0 Å². The Balaban J connectivity index is 1.73. The Morgan fingerprint density at radius 3 is 2.47 bits per heavy atom. The number of carbonyl (C=O) groups excluding carboxylic acids is 1. The van der Waals surface area contributed by atoms with Crippen molar-refractivity contribution in [1.82, 2.24) is 14.2 Å². The molecule has 7 heteroatoms. The number of fused-ring (bicyclic) bond motifs is 1. The smallest absolute Gasteiger partial charge is 0.257 e. The van der Waals surface area contributed by atoms with E-state index in [0.717, 1.165) is 44.1 Å². The maximum Gasteiger partial charge on any atom is 0.257 e. The normalized spacial score (nSPS) is 19.6. The van der Waals surface area contributed by atoms with Gasteiger partial charge in [-0.25, -0.2) is 13.1 Å². The molecule has 1 aliphatic carbocycles. The van der Waals surface area contributed by atoms with E-state index in [1.54, 1.807) is 11.8 Å². The van der Waals surface area contributed by atoms with E-state index in [9.17, 15) is 13.2 Å². The Morgan fingerprint density at radius 1 is 1.03 bits per heavy atom. The molecule has 1 aromatic carbocycles. The lowest BCUT2D eigenvalue weighted by molar-refractivity contribution is 0.0719. The number of sulfonamides is 1. The van der Waals surface area contributed by atoms with Crippen LogP contribution in [0.2, 0.25) is 0 Å². The Labute approximate surface area is 179 Å². The van der Waals surface area contributed by atoms with E-state index in [2.05, 4.69) is 10.8 Å². The fourth-order valence-corrected chi connectivity index (χ4v) is 6.64. The van der Waals surface area contributed by atoms with Crippen LogP contribution in [0.25, 0.3) is 0 Å². The van der Waals surface area contributed by atoms with Gasteiger partial charge in [-0.05, 0) is 63.5 Å². The highest BCUT2D eigenvalue weighted by Gasteiger charge is 2.35. The lowest BCUT2D eigenvalue weighted by Crippen LogP contribution is -2.37. The lowest BCUT2D eigenvalue weighted by Gasteiger charge is -2.28. The summed E-state index contributed by atoms with van der Waals surface area (Å²) in [6.07, 6.45) is 5.72. The zero-order valence-electron chi connectivity index (χ0n) is 18.1. The molecule has 162 valence electrons. The quantitative estimate of drug-likeness (QED) is 0.807. The third-order valence-corrected chi connectivity index (χ3v) is 8.35. The molecule has 2 aromatic rings. The number of nitrogens with zero attached hydrogens (tertiary/aromatic N) is 2. The van der Waals surface area contributed by atoms with Gasteiger partial charge < -0.3 is 9.47 Å². The molecule has 1 amide bonds. The van der Waals surface area contributed by atoms with E-state index in [-0.39, 0.29) is 16.8 Å². The molecule has 1 saturated heterocycles. The highest BCUT2D eigenvalue weighted by Crippen LogP contribution is 2.33. The summed E-state index contributed by atoms with van der Waals surface area (Å²) in [7, 11) is -2.04. The Bertz CT molecular complexity index is 1070. The van der Waals surface area contributed by atoms with Gasteiger partial charge >= 0.3 is 0 Å². The largest absolute Gasteiger partial charge is 0.350 e. The predicted octanol–water partition coefficient (Wildman–Crippen LogP) is 3.62. The number of benzene rings is 1. The van der Waals surface area contributed by atoms with Crippen LogP contribution in [-0.2, 0) is 23.5 Å². The zero-order valence-corrected chi connectivity index (χ0v) is 18.9. The van der Waals surface area contributed by atoms with Gasteiger partial charge in [0.25, 0.3) is 5.91 Å². The summed E-state index contributed by atoms with van der Waals surface area (Å²) in [5.74, 6) is -0.166. The maximum atomic E-state index is 13.6. The topological polar surface area (TPSA) is 71.4 Å². The van der Waals surface area contributed by atoms with E-state index in [1.807, 2.05) is 36.7 Å². The Kier molecular flexibility index (Phi) is 5.77. The van der Waals surface area contributed by atoms with Gasteiger partial charge in [0, 0.05) is 37.6 Å². The fraction of sp³-hybridized carbons (Fsp3) is 0.522. The Hall–Kier alpha value is -2.12. The van der Waals surface area contributed by atoms with Crippen LogP contribution in [-0.4, -0.2) is 36.9 Å². The summed E-state index contributed by atoms with van der Waals surface area (Å²) in [5.41, 5.74) is 3.87. The fourth-order valence-electron chi connectivity index (χ4n) is 4.88. The molecule has 2 heterocycles. The van der Waals surface area contributed by atoms with Crippen molar-refractivity contribution in [1.29, 1.82) is 0 Å². The monoisotopic (exact) mass is 429 g/mol. The first-order valence-electron chi connectivity index (χ1n) is 10.9. The molecule has 1 N–H and O–H groups in total. The van der Waals surface area contributed by atoms with Crippen LogP contribution < -0.4 is 4.72 Å². The summed E-state index contributed by atoms with van der Waals surface area (Å²) in [5, 5.41) is 0. The van der Waals surface area contributed by atoms with Crippen molar-refractivity contribution in [3.05, 3.63) is 52.3 Å². The number of aromatic nitrogens is 1. The zero-order chi connectivity index (χ0) is 21.5. The molecule has 1 atom stereocenters. The van der Waals surface area contributed by atoms with Crippen molar-refractivity contribution >= 4 is 15.9 Å². The van der Waals surface area contributed by atoms with Crippen LogP contribution in [0.3, 0.4) is 0 Å². The van der Waals surface area contributed by atoms with E-state index in [1.165, 1.54) is 5.56 Å². The molecule has 1 fully saturated rings. The summed E-state index contributed by atoms with van der Waals surface area (Å²) in [6, 6.07) is 7.76. The molecular formula is C23H31N3O3S. The van der Waals surface area contributed by atoms with Gasteiger partial charge in [-0.2, -0.15) is 0 Å². The highest BCUT2D eigenvalue weighted by atomic mass is 32.2. The van der Waals surface area contributed by atoms with E-state index >= 15 is 0 Å². The molecule has 2 aliphatic rings.